The number of carbonyl (C=O) groups is 2. The summed E-state index contributed by atoms with van der Waals surface area (Å²) in [6, 6.07) is 12.9. The molecule has 5 N–H and O–H groups in total. The van der Waals surface area contributed by atoms with E-state index in [1.165, 1.54) is 48.5 Å². The van der Waals surface area contributed by atoms with Gasteiger partial charge >= 0.3 is 12.3 Å². The lowest BCUT2D eigenvalue weighted by Crippen LogP contribution is -2.47. The predicted molar refractivity (Wildman–Crippen MR) is 154 cm³/mol. The molecule has 1 fully saturated rings. The Hall–Kier alpha value is -4.30. The van der Waals surface area contributed by atoms with E-state index in [0.717, 1.165) is 0 Å². The molecule has 3 atom stereocenters. The number of nitrogens with one attached hydrogen (secondary N) is 3. The Morgan fingerprint density at radius 1 is 1.00 bits per heavy atom. The summed E-state index contributed by atoms with van der Waals surface area (Å²) in [5.41, 5.74) is 7.50. The highest BCUT2D eigenvalue weighted by atomic mass is 19.4. The Morgan fingerprint density at radius 2 is 1.73 bits per heavy atom. The molecule has 3 aromatic carbocycles. The van der Waals surface area contributed by atoms with E-state index in [4.69, 9.17) is 15.2 Å². The summed E-state index contributed by atoms with van der Waals surface area (Å²) in [4.78, 5) is 24.0. The number of morpholine rings is 1. The normalized spacial score (nSPS) is 17.4. The molecule has 0 aliphatic carbocycles. The number of anilines is 1. The van der Waals surface area contributed by atoms with E-state index in [-0.39, 0.29) is 30.6 Å². The van der Waals surface area contributed by atoms with Gasteiger partial charge in [0.15, 0.2) is 0 Å². The zero-order valence-corrected chi connectivity index (χ0v) is 23.9. The fourth-order valence-corrected chi connectivity index (χ4v) is 4.88. The Balaban J connectivity index is 1.38. The smallest absolute Gasteiger partial charge is 0.407 e. The molecule has 2 amide bonds. The zero-order chi connectivity index (χ0) is 32.6. The Bertz CT molecular complexity index is 1470. The van der Waals surface area contributed by atoms with E-state index in [1.54, 1.807) is 17.4 Å². The molecule has 0 aromatic heterocycles. The molecule has 14 heteroatoms. The first-order valence-electron chi connectivity index (χ1n) is 14.1. The van der Waals surface area contributed by atoms with Crippen LogP contribution in [0.4, 0.5) is 36.8 Å². The summed E-state index contributed by atoms with van der Waals surface area (Å²) in [7, 11) is 0. The van der Waals surface area contributed by atoms with E-state index in [9.17, 15) is 31.5 Å². The summed E-state index contributed by atoms with van der Waals surface area (Å²) in [6.45, 7) is -1.11. The molecular weight excluding hydrogens is 606 g/mol. The molecule has 0 unspecified atom stereocenters. The summed E-state index contributed by atoms with van der Waals surface area (Å²) in [5.74, 6) is -2.25. The number of benzene rings is 3. The second-order valence-corrected chi connectivity index (χ2v) is 10.5. The van der Waals surface area contributed by atoms with Crippen LogP contribution in [0.25, 0.3) is 11.1 Å². The first-order chi connectivity index (χ1) is 21.4. The third-order valence-corrected chi connectivity index (χ3v) is 7.10. The monoisotopic (exact) mass is 638 g/mol. The van der Waals surface area contributed by atoms with Gasteiger partial charge in [-0.1, -0.05) is 24.3 Å². The zero-order valence-electron chi connectivity index (χ0n) is 23.9. The fourth-order valence-electron chi connectivity index (χ4n) is 4.88. The summed E-state index contributed by atoms with van der Waals surface area (Å²) < 4.78 is 90.5. The molecule has 1 heterocycles. The highest BCUT2D eigenvalue weighted by Gasteiger charge is 2.29. The van der Waals surface area contributed by atoms with Gasteiger partial charge in [0.25, 0.3) is 0 Å². The number of amides is 2. The average molecular weight is 639 g/mol. The van der Waals surface area contributed by atoms with Crippen LogP contribution in [0.3, 0.4) is 0 Å². The fraction of sp³-hybridized carbons (Fsp3) is 0.355. The maximum atomic E-state index is 15.0. The van der Waals surface area contributed by atoms with Crippen molar-refractivity contribution in [2.24, 2.45) is 5.73 Å². The molecule has 0 bridgehead atoms. The molecule has 1 aliphatic heterocycles. The lowest BCUT2D eigenvalue weighted by atomic mass is 9.97. The number of alkyl carbamates (subject to hydrolysis) is 1. The van der Waals surface area contributed by atoms with Crippen LogP contribution in [0, 0.1) is 17.5 Å². The minimum absolute atomic E-state index is 0.0493. The van der Waals surface area contributed by atoms with Crippen LogP contribution in [-0.4, -0.2) is 62.7 Å². The van der Waals surface area contributed by atoms with E-state index in [2.05, 4.69) is 10.6 Å². The Labute approximate surface area is 255 Å². The molecule has 4 rings (SSSR count). The molecule has 3 aromatic rings. The maximum absolute atomic E-state index is 15.0. The van der Waals surface area contributed by atoms with Crippen LogP contribution in [0.2, 0.25) is 0 Å². The number of ether oxygens (including phenoxy) is 2. The van der Waals surface area contributed by atoms with Crippen molar-refractivity contribution in [3.8, 4) is 11.1 Å². The van der Waals surface area contributed by atoms with E-state index in [0.29, 0.717) is 36.3 Å². The Morgan fingerprint density at radius 3 is 2.44 bits per heavy atom. The van der Waals surface area contributed by atoms with Crippen molar-refractivity contribution in [3.05, 3.63) is 89.2 Å². The van der Waals surface area contributed by atoms with Gasteiger partial charge in [-0.25, -0.2) is 18.0 Å². The first-order valence-corrected chi connectivity index (χ1v) is 14.1. The second-order valence-electron chi connectivity index (χ2n) is 10.5. The first kappa shape index (κ1) is 33.6. The lowest BCUT2D eigenvalue weighted by molar-refractivity contribution is -0.124. The number of carbonyl (C=O) groups excluding carboxylic acids is 2. The van der Waals surface area contributed by atoms with Gasteiger partial charge in [-0.2, -0.15) is 13.2 Å². The van der Waals surface area contributed by atoms with Crippen LogP contribution in [0.5, 0.6) is 0 Å². The number of alkyl halides is 3. The summed E-state index contributed by atoms with van der Waals surface area (Å²) >= 11 is 0. The largest absolute Gasteiger partial charge is 0.447 e. The molecule has 242 valence electrons. The van der Waals surface area contributed by atoms with Gasteiger partial charge in [0.1, 0.15) is 42.7 Å². The summed E-state index contributed by atoms with van der Waals surface area (Å²) in [6.07, 6.45) is -6.31. The number of hydrogen-bond donors (Lipinski definition) is 4. The summed E-state index contributed by atoms with van der Waals surface area (Å²) in [5, 5.41) is 7.72. The SMILES string of the molecule is NC(=O)[C@H](Cc1ccc(F)c(-c2ccc(F)cc2)c1)Nc1cccc(F)c1CC[C@@H]1CNC[C@@H](COC(=O)NCC(F)(F)F)O1. The Kier molecular flexibility index (Phi) is 11.3. The number of hydrogen-bond acceptors (Lipinski definition) is 6. The van der Waals surface area contributed by atoms with Gasteiger partial charge < -0.3 is 31.2 Å². The van der Waals surface area contributed by atoms with Crippen LogP contribution >= 0.6 is 0 Å². The predicted octanol–water partition coefficient (Wildman–Crippen LogP) is 4.86. The number of nitrogens with two attached hydrogens (primary N) is 1. The number of primary amides is 1. The maximum Gasteiger partial charge on any atom is 0.407 e. The van der Waals surface area contributed by atoms with Crippen LogP contribution in [-0.2, 0) is 27.1 Å². The third-order valence-electron chi connectivity index (χ3n) is 7.10. The van der Waals surface area contributed by atoms with Crippen LogP contribution < -0.4 is 21.7 Å². The minimum atomic E-state index is -4.57. The quantitative estimate of drug-likeness (QED) is 0.211. The topological polar surface area (TPSA) is 115 Å². The van der Waals surface area contributed by atoms with Gasteiger partial charge in [0.2, 0.25) is 5.91 Å². The lowest BCUT2D eigenvalue weighted by Gasteiger charge is -2.31. The van der Waals surface area contributed by atoms with Crippen molar-refractivity contribution < 1.29 is 45.4 Å². The number of halogens is 6. The van der Waals surface area contributed by atoms with Gasteiger partial charge in [0.05, 0.1) is 6.10 Å². The molecule has 0 saturated carbocycles. The van der Waals surface area contributed by atoms with Crippen molar-refractivity contribution in [1.82, 2.24) is 10.6 Å². The number of rotatable bonds is 12. The molecule has 1 aliphatic rings. The van der Waals surface area contributed by atoms with Crippen molar-refractivity contribution in [3.63, 3.8) is 0 Å². The van der Waals surface area contributed by atoms with E-state index < -0.39 is 60.4 Å². The standard InChI is InChI=1S/C31H32F6N4O4/c32-20-7-5-19(6-8-20)24-12-18(4-11-26(24)34)13-28(29(38)42)41-27-3-1-2-25(33)23(27)10-9-21-14-39-15-22(45-21)16-44-30(43)40-17-31(35,36)37/h1-8,11-12,21-22,28,39,41H,9-10,13-17H2,(H2,38,42)(H,40,43)/t21-,22+,28+/m1/s1. The van der Waals surface area contributed by atoms with Gasteiger partial charge in [-0.15, -0.1) is 0 Å². The minimum Gasteiger partial charge on any atom is -0.447 e. The molecule has 8 nitrogen and oxygen atoms in total. The molecule has 0 spiro atoms. The molecule has 45 heavy (non-hydrogen) atoms. The van der Waals surface area contributed by atoms with Crippen LogP contribution in [0.1, 0.15) is 17.5 Å². The van der Waals surface area contributed by atoms with Crippen molar-refractivity contribution in [2.45, 2.75) is 43.7 Å². The highest BCUT2D eigenvalue weighted by Crippen LogP contribution is 2.27. The average Bonchev–Trinajstić information content (AvgIpc) is 2.99. The molecule has 0 radical (unpaired) electrons. The van der Waals surface area contributed by atoms with Gasteiger partial charge in [-0.3, -0.25) is 4.79 Å². The van der Waals surface area contributed by atoms with Gasteiger partial charge in [0, 0.05) is 36.3 Å². The highest BCUT2D eigenvalue weighted by molar-refractivity contribution is 5.83. The van der Waals surface area contributed by atoms with E-state index in [1.807, 2.05) is 0 Å². The molecular formula is C31H32F6N4O4. The van der Waals surface area contributed by atoms with Crippen molar-refractivity contribution in [1.29, 1.82) is 0 Å². The van der Waals surface area contributed by atoms with Crippen molar-refractivity contribution >= 4 is 17.7 Å². The third kappa shape index (κ3) is 10.1. The molecule has 1 saturated heterocycles. The van der Waals surface area contributed by atoms with Crippen molar-refractivity contribution in [2.75, 3.05) is 31.6 Å². The van der Waals surface area contributed by atoms with Gasteiger partial charge in [-0.05, 0) is 60.4 Å². The second kappa shape index (κ2) is 15.1. The van der Waals surface area contributed by atoms with Crippen LogP contribution in [0.15, 0.2) is 60.7 Å². The van der Waals surface area contributed by atoms with E-state index >= 15 is 4.39 Å².